The fraction of sp³-hybridized carbons (Fsp3) is 0.500. The molecular formula is C14H21ClN2O2. The van der Waals surface area contributed by atoms with Crippen LogP contribution in [0.3, 0.4) is 0 Å². The maximum atomic E-state index is 8.67. The molecular weight excluding hydrogens is 264 g/mol. The number of benzene rings is 1. The topological polar surface area (TPSA) is 67.8 Å². The Balaban J connectivity index is 2.25. The number of rotatable bonds is 7. The zero-order valence-corrected chi connectivity index (χ0v) is 12.2. The van der Waals surface area contributed by atoms with Crippen LogP contribution in [0.15, 0.2) is 29.4 Å². The number of ether oxygens (including phenoxy) is 1. The first-order valence-corrected chi connectivity index (χ1v) is 6.64. The van der Waals surface area contributed by atoms with Crippen molar-refractivity contribution in [2.75, 3.05) is 6.61 Å². The third-order valence-electron chi connectivity index (χ3n) is 3.05. The summed E-state index contributed by atoms with van der Waals surface area (Å²) >= 11 is 5.89. The van der Waals surface area contributed by atoms with Crippen molar-refractivity contribution in [3.05, 3.63) is 34.9 Å². The molecule has 1 aromatic carbocycles. The maximum Gasteiger partial charge on any atom is 0.144 e. The van der Waals surface area contributed by atoms with Gasteiger partial charge in [-0.2, -0.15) is 0 Å². The zero-order chi connectivity index (χ0) is 14.3. The van der Waals surface area contributed by atoms with E-state index in [-0.39, 0.29) is 11.3 Å². The molecule has 19 heavy (non-hydrogen) atoms. The summed E-state index contributed by atoms with van der Waals surface area (Å²) in [5, 5.41) is 12.4. The molecule has 0 fully saturated rings. The molecule has 0 amide bonds. The van der Waals surface area contributed by atoms with Crippen LogP contribution in [0.2, 0.25) is 5.02 Å². The van der Waals surface area contributed by atoms with Gasteiger partial charge in [0, 0.05) is 17.0 Å². The first kappa shape index (κ1) is 15.8. The van der Waals surface area contributed by atoms with Gasteiger partial charge in [0.15, 0.2) is 0 Å². The summed E-state index contributed by atoms with van der Waals surface area (Å²) in [5.41, 5.74) is 6.36. The molecule has 0 heterocycles. The molecule has 3 N–H and O–H groups in total. The Bertz CT molecular complexity index is 433. The van der Waals surface area contributed by atoms with Gasteiger partial charge < -0.3 is 15.7 Å². The van der Waals surface area contributed by atoms with Gasteiger partial charge in [0.1, 0.15) is 5.84 Å². The number of amidine groups is 1. The van der Waals surface area contributed by atoms with Gasteiger partial charge in [-0.3, -0.25) is 0 Å². The molecule has 0 radical (unpaired) electrons. The second-order valence-electron chi connectivity index (χ2n) is 5.16. The third kappa shape index (κ3) is 5.49. The molecule has 1 aromatic rings. The van der Waals surface area contributed by atoms with Crippen molar-refractivity contribution in [2.45, 2.75) is 33.3 Å². The Morgan fingerprint density at radius 3 is 2.84 bits per heavy atom. The molecule has 0 atom stereocenters. The Morgan fingerprint density at radius 1 is 1.47 bits per heavy atom. The Hall–Kier alpha value is -1.26. The minimum Gasteiger partial charge on any atom is -0.409 e. The minimum atomic E-state index is -0.311. The lowest BCUT2D eigenvalue weighted by atomic mass is 9.87. The van der Waals surface area contributed by atoms with Gasteiger partial charge in [0.2, 0.25) is 0 Å². The van der Waals surface area contributed by atoms with Crippen LogP contribution in [0.25, 0.3) is 0 Å². The fourth-order valence-corrected chi connectivity index (χ4v) is 1.91. The lowest BCUT2D eigenvalue weighted by Crippen LogP contribution is -2.32. The average molecular weight is 285 g/mol. The van der Waals surface area contributed by atoms with Gasteiger partial charge in [-0.1, -0.05) is 42.7 Å². The molecule has 0 aliphatic rings. The van der Waals surface area contributed by atoms with Gasteiger partial charge >= 0.3 is 0 Å². The van der Waals surface area contributed by atoms with Gasteiger partial charge in [-0.15, -0.1) is 0 Å². The van der Waals surface area contributed by atoms with Gasteiger partial charge in [-0.05, 0) is 30.5 Å². The summed E-state index contributed by atoms with van der Waals surface area (Å²) in [5.74, 6) is 0.252. The summed E-state index contributed by atoms with van der Waals surface area (Å²) in [6.07, 6.45) is 1.65. The molecule has 106 valence electrons. The van der Waals surface area contributed by atoms with Crippen molar-refractivity contribution >= 4 is 17.4 Å². The quantitative estimate of drug-likeness (QED) is 0.265. The molecule has 1 rings (SSSR count). The average Bonchev–Trinajstić information content (AvgIpc) is 2.37. The van der Waals surface area contributed by atoms with Gasteiger partial charge in [0.05, 0.1) is 6.61 Å². The van der Waals surface area contributed by atoms with Crippen LogP contribution in [0.5, 0.6) is 0 Å². The fourth-order valence-electron chi connectivity index (χ4n) is 1.70. The van der Waals surface area contributed by atoms with E-state index in [2.05, 4.69) is 5.16 Å². The van der Waals surface area contributed by atoms with E-state index in [1.807, 2.05) is 38.1 Å². The van der Waals surface area contributed by atoms with Crippen LogP contribution in [-0.2, 0) is 11.3 Å². The Morgan fingerprint density at radius 2 is 2.21 bits per heavy atom. The lowest BCUT2D eigenvalue weighted by molar-refractivity contribution is 0.112. The van der Waals surface area contributed by atoms with Crippen molar-refractivity contribution in [1.29, 1.82) is 0 Å². The number of hydrogen-bond donors (Lipinski definition) is 2. The summed E-state index contributed by atoms with van der Waals surface area (Å²) in [7, 11) is 0. The summed E-state index contributed by atoms with van der Waals surface area (Å²) in [4.78, 5) is 0. The number of hydrogen-bond acceptors (Lipinski definition) is 3. The van der Waals surface area contributed by atoms with Gasteiger partial charge in [-0.25, -0.2) is 0 Å². The highest BCUT2D eigenvalue weighted by molar-refractivity contribution is 6.30. The minimum absolute atomic E-state index is 0.252. The highest BCUT2D eigenvalue weighted by Crippen LogP contribution is 2.22. The number of nitrogens with zero attached hydrogens (tertiary/aromatic N) is 1. The molecule has 0 aliphatic carbocycles. The molecule has 0 saturated heterocycles. The Labute approximate surface area is 119 Å². The first-order chi connectivity index (χ1) is 8.95. The summed E-state index contributed by atoms with van der Waals surface area (Å²) in [6.45, 7) is 5.07. The van der Waals surface area contributed by atoms with Crippen LogP contribution in [0.4, 0.5) is 0 Å². The maximum absolute atomic E-state index is 8.67. The van der Waals surface area contributed by atoms with E-state index in [1.165, 1.54) is 0 Å². The zero-order valence-electron chi connectivity index (χ0n) is 11.4. The molecule has 0 spiro atoms. The molecule has 5 heteroatoms. The first-order valence-electron chi connectivity index (χ1n) is 6.26. The largest absolute Gasteiger partial charge is 0.409 e. The van der Waals surface area contributed by atoms with Crippen molar-refractivity contribution in [3.63, 3.8) is 0 Å². The molecule has 0 aromatic heterocycles. The van der Waals surface area contributed by atoms with E-state index in [0.717, 1.165) is 18.4 Å². The number of nitrogens with two attached hydrogens (primary N) is 1. The summed E-state index contributed by atoms with van der Waals surface area (Å²) in [6, 6.07) is 7.61. The van der Waals surface area contributed by atoms with Crippen LogP contribution >= 0.6 is 11.6 Å². The highest BCUT2D eigenvalue weighted by Gasteiger charge is 2.22. The van der Waals surface area contributed by atoms with E-state index >= 15 is 0 Å². The molecule has 0 bridgehead atoms. The monoisotopic (exact) mass is 284 g/mol. The van der Waals surface area contributed by atoms with E-state index in [1.54, 1.807) is 0 Å². The van der Waals surface area contributed by atoms with E-state index in [9.17, 15) is 0 Å². The molecule has 0 aliphatic heterocycles. The smallest absolute Gasteiger partial charge is 0.144 e. The normalized spacial score (nSPS) is 12.7. The lowest BCUT2D eigenvalue weighted by Gasteiger charge is -2.22. The SMILES string of the molecule is CC(C)(CCCOCc1cccc(Cl)c1)C(N)=NO. The predicted octanol–water partition coefficient (Wildman–Crippen LogP) is 3.41. The molecule has 0 unspecified atom stereocenters. The summed E-state index contributed by atoms with van der Waals surface area (Å²) < 4.78 is 5.58. The van der Waals surface area contributed by atoms with Crippen molar-refractivity contribution in [1.82, 2.24) is 0 Å². The number of oxime groups is 1. The van der Waals surface area contributed by atoms with Gasteiger partial charge in [0.25, 0.3) is 0 Å². The Kier molecular flexibility index (Phi) is 6.12. The van der Waals surface area contributed by atoms with Crippen LogP contribution in [0.1, 0.15) is 32.3 Å². The van der Waals surface area contributed by atoms with E-state index < -0.39 is 0 Å². The standard InChI is InChI=1S/C14H21ClN2O2/c1-14(2,13(16)17-18)7-4-8-19-10-11-5-3-6-12(15)9-11/h3,5-6,9,18H,4,7-8,10H2,1-2H3,(H2,16,17). The van der Waals surface area contributed by atoms with Crippen LogP contribution in [-0.4, -0.2) is 17.6 Å². The second-order valence-corrected chi connectivity index (χ2v) is 5.59. The van der Waals surface area contributed by atoms with Crippen molar-refractivity contribution < 1.29 is 9.94 Å². The van der Waals surface area contributed by atoms with Crippen LogP contribution < -0.4 is 5.73 Å². The number of halogens is 1. The highest BCUT2D eigenvalue weighted by atomic mass is 35.5. The van der Waals surface area contributed by atoms with E-state index in [0.29, 0.717) is 18.2 Å². The predicted molar refractivity (Wildman–Crippen MR) is 77.5 cm³/mol. The molecule has 0 saturated carbocycles. The van der Waals surface area contributed by atoms with Crippen molar-refractivity contribution in [2.24, 2.45) is 16.3 Å². The van der Waals surface area contributed by atoms with Crippen molar-refractivity contribution in [3.8, 4) is 0 Å². The molecule has 4 nitrogen and oxygen atoms in total. The van der Waals surface area contributed by atoms with E-state index in [4.69, 9.17) is 27.3 Å². The van der Waals surface area contributed by atoms with Crippen LogP contribution in [0, 0.1) is 5.41 Å². The second kappa shape index (κ2) is 7.36. The third-order valence-corrected chi connectivity index (χ3v) is 3.28.